The third kappa shape index (κ3) is 3.59. The van der Waals surface area contributed by atoms with Gasteiger partial charge in [0, 0.05) is 16.7 Å². The topological polar surface area (TPSA) is 33.2 Å². The maximum Gasteiger partial charge on any atom is 0.259 e. The standard InChI is InChI=1S/C26H16F2N2OS/c27-19-10-6-17(7-11-19)22-14-21(16-4-2-1-3-5-16)24-23(29-22)15-30(26(24)32)25(31)18-8-12-20(28)13-9-18/h1-14H,15H2. The van der Waals surface area contributed by atoms with E-state index in [-0.39, 0.29) is 18.3 Å². The average molecular weight is 442 g/mol. The summed E-state index contributed by atoms with van der Waals surface area (Å²) in [5.41, 5.74) is 4.98. The van der Waals surface area contributed by atoms with Crippen LogP contribution in [-0.2, 0) is 6.54 Å². The zero-order valence-corrected chi connectivity index (χ0v) is 17.6. The highest BCUT2D eigenvalue weighted by Gasteiger charge is 2.33. The summed E-state index contributed by atoms with van der Waals surface area (Å²) in [7, 11) is 0. The van der Waals surface area contributed by atoms with Crippen LogP contribution < -0.4 is 0 Å². The molecule has 0 unspecified atom stereocenters. The van der Waals surface area contributed by atoms with Crippen molar-refractivity contribution in [2.24, 2.45) is 0 Å². The highest BCUT2D eigenvalue weighted by molar-refractivity contribution is 7.80. The van der Waals surface area contributed by atoms with Crippen molar-refractivity contribution in [1.29, 1.82) is 0 Å². The van der Waals surface area contributed by atoms with Crippen molar-refractivity contribution in [3.05, 3.63) is 113 Å². The summed E-state index contributed by atoms with van der Waals surface area (Å²) in [6.45, 7) is 0.208. The molecule has 1 aromatic heterocycles. The molecule has 3 nitrogen and oxygen atoms in total. The van der Waals surface area contributed by atoms with Gasteiger partial charge in [-0.15, -0.1) is 0 Å². The summed E-state index contributed by atoms with van der Waals surface area (Å²) in [4.78, 5) is 19.8. The van der Waals surface area contributed by atoms with E-state index in [9.17, 15) is 13.6 Å². The molecule has 0 saturated heterocycles. The Bertz CT molecular complexity index is 1340. The second-order valence-electron chi connectivity index (χ2n) is 7.45. The van der Waals surface area contributed by atoms with Crippen LogP contribution in [0.4, 0.5) is 8.78 Å². The first-order valence-electron chi connectivity index (χ1n) is 9.98. The van der Waals surface area contributed by atoms with Crippen molar-refractivity contribution >= 4 is 23.1 Å². The van der Waals surface area contributed by atoms with Crippen molar-refractivity contribution in [1.82, 2.24) is 9.88 Å². The molecule has 2 heterocycles. The minimum Gasteiger partial charge on any atom is -0.292 e. The molecule has 1 aliphatic heterocycles. The minimum absolute atomic E-state index is 0.208. The number of aromatic nitrogens is 1. The Morgan fingerprint density at radius 3 is 2.12 bits per heavy atom. The van der Waals surface area contributed by atoms with E-state index in [1.807, 2.05) is 36.4 Å². The van der Waals surface area contributed by atoms with Gasteiger partial charge in [-0.05, 0) is 65.7 Å². The number of hydrogen-bond acceptors (Lipinski definition) is 3. The molecule has 0 aliphatic carbocycles. The number of pyridine rings is 1. The molecule has 0 spiro atoms. The fraction of sp³-hybridized carbons (Fsp3) is 0.0385. The number of halogens is 2. The summed E-state index contributed by atoms with van der Waals surface area (Å²) < 4.78 is 26.7. The predicted octanol–water partition coefficient (Wildman–Crippen LogP) is 6.03. The molecule has 156 valence electrons. The van der Waals surface area contributed by atoms with E-state index in [0.29, 0.717) is 21.9 Å². The van der Waals surface area contributed by atoms with E-state index < -0.39 is 5.82 Å². The lowest BCUT2D eigenvalue weighted by molar-refractivity contribution is 0.0847. The number of fused-ring (bicyclic) bond motifs is 1. The number of thiocarbonyl (C=S) groups is 1. The van der Waals surface area contributed by atoms with Crippen LogP contribution in [0.2, 0.25) is 0 Å². The molecule has 4 aromatic rings. The number of amides is 1. The Balaban J connectivity index is 1.62. The van der Waals surface area contributed by atoms with E-state index in [0.717, 1.165) is 22.3 Å². The molecule has 32 heavy (non-hydrogen) atoms. The van der Waals surface area contributed by atoms with E-state index >= 15 is 0 Å². The third-order valence-electron chi connectivity index (χ3n) is 5.42. The smallest absolute Gasteiger partial charge is 0.259 e. The van der Waals surface area contributed by atoms with Gasteiger partial charge in [-0.25, -0.2) is 8.78 Å². The number of carbonyl (C=O) groups is 1. The van der Waals surface area contributed by atoms with Crippen LogP contribution in [0.1, 0.15) is 21.6 Å². The van der Waals surface area contributed by atoms with E-state index in [1.165, 1.54) is 41.3 Å². The van der Waals surface area contributed by atoms with E-state index in [4.69, 9.17) is 17.2 Å². The van der Waals surface area contributed by atoms with Gasteiger partial charge >= 0.3 is 0 Å². The number of rotatable bonds is 3. The second-order valence-corrected chi connectivity index (χ2v) is 7.84. The Labute approximate surface area is 189 Å². The maximum absolute atomic E-state index is 13.4. The number of benzene rings is 3. The first-order valence-corrected chi connectivity index (χ1v) is 10.4. The van der Waals surface area contributed by atoms with E-state index in [1.54, 1.807) is 12.1 Å². The highest BCUT2D eigenvalue weighted by atomic mass is 32.1. The quantitative estimate of drug-likeness (QED) is 0.364. The van der Waals surface area contributed by atoms with Gasteiger partial charge in [0.15, 0.2) is 0 Å². The summed E-state index contributed by atoms with van der Waals surface area (Å²) >= 11 is 5.70. The summed E-state index contributed by atoms with van der Waals surface area (Å²) in [5.74, 6) is -1.04. The maximum atomic E-state index is 13.4. The molecule has 6 heteroatoms. The van der Waals surface area contributed by atoms with Gasteiger partial charge in [0.25, 0.3) is 5.91 Å². The van der Waals surface area contributed by atoms with Gasteiger partial charge < -0.3 is 0 Å². The van der Waals surface area contributed by atoms with Crippen LogP contribution in [0, 0.1) is 11.6 Å². The Morgan fingerprint density at radius 1 is 0.844 bits per heavy atom. The SMILES string of the molecule is O=C(c1ccc(F)cc1)N1Cc2nc(-c3ccc(F)cc3)cc(-c3ccccc3)c2C1=S. The summed E-state index contributed by atoms with van der Waals surface area (Å²) in [5, 5.41) is 0. The molecule has 0 fully saturated rings. The Morgan fingerprint density at radius 2 is 1.47 bits per heavy atom. The molecule has 0 atom stereocenters. The predicted molar refractivity (Wildman–Crippen MR) is 123 cm³/mol. The van der Waals surface area contributed by atoms with Gasteiger partial charge in [0.2, 0.25) is 0 Å². The lowest BCUT2D eigenvalue weighted by atomic mass is 9.97. The molecular formula is C26H16F2N2OS. The normalized spacial score (nSPS) is 12.7. The van der Waals surface area contributed by atoms with Crippen LogP contribution in [-0.4, -0.2) is 20.8 Å². The first kappa shape index (κ1) is 20.2. The number of carbonyl (C=O) groups excluding carboxylic acids is 1. The van der Waals surface area contributed by atoms with Gasteiger partial charge in [0.1, 0.15) is 16.6 Å². The third-order valence-corrected chi connectivity index (χ3v) is 5.85. The molecule has 1 amide bonds. The van der Waals surface area contributed by atoms with Crippen molar-refractivity contribution in [3.8, 4) is 22.4 Å². The largest absolute Gasteiger partial charge is 0.292 e. The Hall–Kier alpha value is -3.77. The van der Waals surface area contributed by atoms with Crippen LogP contribution in [0.15, 0.2) is 84.9 Å². The molecule has 5 rings (SSSR count). The highest BCUT2D eigenvalue weighted by Crippen LogP contribution is 2.36. The fourth-order valence-corrected chi connectivity index (χ4v) is 4.21. The monoisotopic (exact) mass is 442 g/mol. The molecule has 0 radical (unpaired) electrons. The molecule has 3 aromatic carbocycles. The molecule has 0 N–H and O–H groups in total. The van der Waals surface area contributed by atoms with Crippen LogP contribution in [0.25, 0.3) is 22.4 Å². The summed E-state index contributed by atoms with van der Waals surface area (Å²) in [6, 6.07) is 23.2. The lowest BCUT2D eigenvalue weighted by Crippen LogP contribution is -2.30. The number of hydrogen-bond donors (Lipinski definition) is 0. The fourth-order valence-electron chi connectivity index (χ4n) is 3.83. The summed E-state index contributed by atoms with van der Waals surface area (Å²) in [6.07, 6.45) is 0. The van der Waals surface area contributed by atoms with E-state index in [2.05, 4.69) is 0 Å². The van der Waals surface area contributed by atoms with Crippen LogP contribution >= 0.6 is 12.2 Å². The molecule has 0 saturated carbocycles. The lowest BCUT2D eigenvalue weighted by Gasteiger charge is -2.16. The van der Waals surface area contributed by atoms with Gasteiger partial charge in [-0.2, -0.15) is 0 Å². The van der Waals surface area contributed by atoms with Crippen LogP contribution in [0.3, 0.4) is 0 Å². The molecular weight excluding hydrogens is 426 g/mol. The van der Waals surface area contributed by atoms with Crippen molar-refractivity contribution in [3.63, 3.8) is 0 Å². The van der Waals surface area contributed by atoms with Gasteiger partial charge in [-0.1, -0.05) is 42.5 Å². The van der Waals surface area contributed by atoms with Crippen LogP contribution in [0.5, 0.6) is 0 Å². The number of nitrogens with zero attached hydrogens (tertiary/aromatic N) is 2. The van der Waals surface area contributed by atoms with Gasteiger partial charge in [-0.3, -0.25) is 14.7 Å². The van der Waals surface area contributed by atoms with Crippen molar-refractivity contribution in [2.45, 2.75) is 6.54 Å². The van der Waals surface area contributed by atoms with Crippen molar-refractivity contribution < 1.29 is 13.6 Å². The van der Waals surface area contributed by atoms with Crippen molar-refractivity contribution in [2.75, 3.05) is 0 Å². The molecule has 1 aliphatic rings. The Kier molecular flexibility index (Phi) is 5.07. The molecule has 0 bridgehead atoms. The van der Waals surface area contributed by atoms with Gasteiger partial charge in [0.05, 0.1) is 17.9 Å². The zero-order valence-electron chi connectivity index (χ0n) is 16.8. The minimum atomic E-state index is -0.411. The second kappa shape index (κ2) is 8.05. The zero-order chi connectivity index (χ0) is 22.2. The first-order chi connectivity index (χ1) is 15.5. The average Bonchev–Trinajstić information content (AvgIpc) is 3.16.